The Bertz CT molecular complexity index is 360. The summed E-state index contributed by atoms with van der Waals surface area (Å²) in [6.45, 7) is 13.0. The number of hydrogen-bond donors (Lipinski definition) is 1. The SMILES string of the molecule is CC.CCCC.CCCCCCCOCc1ccc(OCCCCO)cc1. The molecule has 0 bridgehead atoms. The Balaban J connectivity index is 0. The van der Waals surface area contributed by atoms with Crippen molar-refractivity contribution >= 4 is 0 Å². The van der Waals surface area contributed by atoms with E-state index in [1.54, 1.807) is 0 Å². The topological polar surface area (TPSA) is 38.7 Å². The second-order valence-electron chi connectivity index (χ2n) is 6.39. The van der Waals surface area contributed by atoms with Crippen molar-refractivity contribution in [2.75, 3.05) is 19.8 Å². The third-order valence-electron chi connectivity index (χ3n) is 3.91. The van der Waals surface area contributed by atoms with E-state index >= 15 is 0 Å². The monoisotopic (exact) mass is 382 g/mol. The average Bonchev–Trinajstić information content (AvgIpc) is 2.73. The summed E-state index contributed by atoms with van der Waals surface area (Å²) in [5.74, 6) is 0.885. The van der Waals surface area contributed by atoms with E-state index in [9.17, 15) is 0 Å². The van der Waals surface area contributed by atoms with Gasteiger partial charge in [0.25, 0.3) is 0 Å². The Kier molecular flexibility index (Phi) is 26.0. The third kappa shape index (κ3) is 21.1. The van der Waals surface area contributed by atoms with Gasteiger partial charge in [-0.2, -0.15) is 0 Å². The van der Waals surface area contributed by atoms with E-state index in [0.29, 0.717) is 13.2 Å². The van der Waals surface area contributed by atoms with Gasteiger partial charge >= 0.3 is 0 Å². The minimum absolute atomic E-state index is 0.234. The van der Waals surface area contributed by atoms with Gasteiger partial charge < -0.3 is 14.6 Å². The van der Waals surface area contributed by atoms with Crippen molar-refractivity contribution in [3.63, 3.8) is 0 Å². The number of aliphatic hydroxyl groups excluding tert-OH is 1. The molecule has 0 aliphatic carbocycles. The summed E-state index contributed by atoms with van der Waals surface area (Å²) < 4.78 is 11.3. The maximum absolute atomic E-state index is 8.69. The molecule has 0 amide bonds. The maximum atomic E-state index is 8.69. The van der Waals surface area contributed by atoms with E-state index in [0.717, 1.165) is 31.6 Å². The zero-order chi connectivity index (χ0) is 20.6. The quantitative estimate of drug-likeness (QED) is 0.347. The van der Waals surface area contributed by atoms with Gasteiger partial charge in [-0.15, -0.1) is 0 Å². The van der Waals surface area contributed by atoms with E-state index in [1.807, 2.05) is 26.0 Å². The molecule has 0 saturated carbocycles. The molecule has 1 N–H and O–H groups in total. The molecule has 1 aromatic carbocycles. The summed E-state index contributed by atoms with van der Waals surface area (Å²) in [5.41, 5.74) is 1.19. The van der Waals surface area contributed by atoms with Crippen LogP contribution in [0.25, 0.3) is 0 Å². The fourth-order valence-electron chi connectivity index (χ4n) is 2.08. The fourth-order valence-corrected chi connectivity index (χ4v) is 2.08. The number of aliphatic hydroxyl groups is 1. The van der Waals surface area contributed by atoms with Crippen molar-refractivity contribution in [2.45, 2.75) is 99.0 Å². The van der Waals surface area contributed by atoms with Gasteiger partial charge in [-0.1, -0.05) is 85.3 Å². The Labute approximate surface area is 169 Å². The molecule has 0 saturated heterocycles. The molecule has 0 heterocycles. The highest BCUT2D eigenvalue weighted by Gasteiger charge is 1.97. The predicted molar refractivity (Wildman–Crippen MR) is 119 cm³/mol. The molecule has 0 spiro atoms. The van der Waals surface area contributed by atoms with Gasteiger partial charge in [0.2, 0.25) is 0 Å². The van der Waals surface area contributed by atoms with Gasteiger partial charge in [-0.3, -0.25) is 0 Å². The highest BCUT2D eigenvalue weighted by Crippen LogP contribution is 2.13. The van der Waals surface area contributed by atoms with Crippen molar-refractivity contribution in [3.05, 3.63) is 29.8 Å². The minimum atomic E-state index is 0.234. The van der Waals surface area contributed by atoms with Crippen molar-refractivity contribution in [2.24, 2.45) is 0 Å². The first kappa shape index (κ1) is 28.2. The van der Waals surface area contributed by atoms with Gasteiger partial charge in [0.15, 0.2) is 0 Å². The summed E-state index contributed by atoms with van der Waals surface area (Å²) in [6, 6.07) is 8.08. The van der Waals surface area contributed by atoms with Crippen LogP contribution in [0.15, 0.2) is 24.3 Å². The molecule has 3 heteroatoms. The molecule has 1 aromatic rings. The average molecular weight is 383 g/mol. The third-order valence-corrected chi connectivity index (χ3v) is 3.91. The normalized spacial score (nSPS) is 9.70. The van der Waals surface area contributed by atoms with Crippen LogP contribution in [0.2, 0.25) is 0 Å². The molecule has 0 aliphatic heterocycles. The lowest BCUT2D eigenvalue weighted by atomic mass is 10.2. The van der Waals surface area contributed by atoms with Gasteiger partial charge in [0, 0.05) is 13.2 Å². The van der Waals surface area contributed by atoms with Gasteiger partial charge in [-0.05, 0) is 37.0 Å². The molecule has 0 atom stereocenters. The molecule has 160 valence electrons. The van der Waals surface area contributed by atoms with Crippen LogP contribution in [0.3, 0.4) is 0 Å². The van der Waals surface area contributed by atoms with Crippen molar-refractivity contribution in [1.82, 2.24) is 0 Å². The molecule has 0 aromatic heterocycles. The molecule has 0 fully saturated rings. The van der Waals surface area contributed by atoms with Crippen LogP contribution in [0.5, 0.6) is 5.75 Å². The van der Waals surface area contributed by atoms with Crippen molar-refractivity contribution < 1.29 is 14.6 Å². The van der Waals surface area contributed by atoms with Crippen molar-refractivity contribution in [1.29, 1.82) is 0 Å². The number of unbranched alkanes of at least 4 members (excludes halogenated alkanes) is 6. The van der Waals surface area contributed by atoms with E-state index in [1.165, 1.54) is 44.1 Å². The Hall–Kier alpha value is -1.06. The molecule has 0 radical (unpaired) electrons. The van der Waals surface area contributed by atoms with Crippen LogP contribution in [0.1, 0.15) is 98.0 Å². The first-order valence-electron chi connectivity index (χ1n) is 11.2. The molecule has 27 heavy (non-hydrogen) atoms. The van der Waals surface area contributed by atoms with Crippen LogP contribution in [-0.2, 0) is 11.3 Å². The first-order valence-corrected chi connectivity index (χ1v) is 11.2. The maximum Gasteiger partial charge on any atom is 0.119 e. The zero-order valence-corrected chi connectivity index (χ0v) is 18.8. The lowest BCUT2D eigenvalue weighted by molar-refractivity contribution is 0.116. The first-order chi connectivity index (χ1) is 13.3. The molecule has 3 nitrogen and oxygen atoms in total. The highest BCUT2D eigenvalue weighted by atomic mass is 16.5. The predicted octanol–water partition coefficient (Wildman–Crippen LogP) is 7.16. The Morgan fingerprint density at radius 3 is 1.85 bits per heavy atom. The lowest BCUT2D eigenvalue weighted by Crippen LogP contribution is -1.99. The Morgan fingerprint density at radius 2 is 1.30 bits per heavy atom. The van der Waals surface area contributed by atoms with E-state index in [4.69, 9.17) is 14.6 Å². The van der Waals surface area contributed by atoms with Gasteiger partial charge in [0.05, 0.1) is 13.2 Å². The molecular formula is C24H46O3. The van der Waals surface area contributed by atoms with Crippen LogP contribution in [-0.4, -0.2) is 24.9 Å². The fraction of sp³-hybridized carbons (Fsp3) is 0.750. The molecular weight excluding hydrogens is 336 g/mol. The van der Waals surface area contributed by atoms with E-state index < -0.39 is 0 Å². The van der Waals surface area contributed by atoms with Crippen LogP contribution in [0.4, 0.5) is 0 Å². The number of rotatable bonds is 14. The number of benzene rings is 1. The summed E-state index contributed by atoms with van der Waals surface area (Å²) in [6.07, 6.45) is 10.7. The van der Waals surface area contributed by atoms with E-state index in [-0.39, 0.29) is 6.61 Å². The van der Waals surface area contributed by atoms with E-state index in [2.05, 4.69) is 32.9 Å². The second-order valence-corrected chi connectivity index (χ2v) is 6.39. The van der Waals surface area contributed by atoms with Gasteiger partial charge in [0.1, 0.15) is 5.75 Å². The molecule has 0 unspecified atom stereocenters. The standard InChI is InChI=1S/C18H30O3.C4H10.C2H6/c1-2-3-4-5-7-14-20-16-17-9-11-18(12-10-17)21-15-8-6-13-19;1-3-4-2;1-2/h9-12,19H,2-8,13-16H2,1H3;3-4H2,1-2H3;1-2H3. The largest absolute Gasteiger partial charge is 0.494 e. The summed E-state index contributed by atoms with van der Waals surface area (Å²) in [7, 11) is 0. The number of ether oxygens (including phenoxy) is 2. The molecule has 1 rings (SSSR count). The molecule has 0 aliphatic rings. The van der Waals surface area contributed by atoms with Gasteiger partial charge in [-0.25, -0.2) is 0 Å². The summed E-state index contributed by atoms with van der Waals surface area (Å²) in [5, 5.41) is 8.69. The smallest absolute Gasteiger partial charge is 0.119 e. The van der Waals surface area contributed by atoms with Crippen molar-refractivity contribution in [3.8, 4) is 5.75 Å². The Morgan fingerprint density at radius 1 is 0.704 bits per heavy atom. The van der Waals surface area contributed by atoms with Crippen LogP contribution >= 0.6 is 0 Å². The summed E-state index contributed by atoms with van der Waals surface area (Å²) in [4.78, 5) is 0. The minimum Gasteiger partial charge on any atom is -0.494 e. The zero-order valence-electron chi connectivity index (χ0n) is 18.8. The second kappa shape index (κ2) is 24.9. The highest BCUT2D eigenvalue weighted by molar-refractivity contribution is 5.26. The summed E-state index contributed by atoms with van der Waals surface area (Å²) >= 11 is 0. The van der Waals surface area contributed by atoms with Crippen LogP contribution in [0, 0.1) is 0 Å². The lowest BCUT2D eigenvalue weighted by Gasteiger charge is -2.07. The van der Waals surface area contributed by atoms with Crippen LogP contribution < -0.4 is 4.74 Å². The number of hydrogen-bond acceptors (Lipinski definition) is 3.